The van der Waals surface area contributed by atoms with E-state index in [1.54, 1.807) is 0 Å². The Balaban J connectivity index is 2.85. The Kier molecular flexibility index (Phi) is 10.0. The molecule has 3 heteroatoms. The highest BCUT2D eigenvalue weighted by Gasteiger charge is 1.83. The van der Waals surface area contributed by atoms with Gasteiger partial charge in [0, 0.05) is 12.4 Å². The second kappa shape index (κ2) is 10.0. The first-order chi connectivity index (χ1) is 5.41. The van der Waals surface area contributed by atoms with Gasteiger partial charge in [0.15, 0.2) is 0 Å². The van der Waals surface area contributed by atoms with Crippen LogP contribution in [-0.4, -0.2) is 32.2 Å². The molecule has 66 valence electrons. The Morgan fingerprint density at radius 1 is 1.18 bits per heavy atom. The highest BCUT2D eigenvalue weighted by Crippen LogP contribution is 1.81. The summed E-state index contributed by atoms with van der Waals surface area (Å²) in [6.45, 7) is 4.75. The van der Waals surface area contributed by atoms with E-state index in [2.05, 4.69) is 12.6 Å². The molecular formula is C8H16O2S. The highest BCUT2D eigenvalue weighted by atomic mass is 32.1. The van der Waals surface area contributed by atoms with E-state index in [0.717, 1.165) is 12.4 Å². The lowest BCUT2D eigenvalue weighted by Gasteiger charge is -2.00. The smallest absolute Gasteiger partial charge is 0.0704 e. The van der Waals surface area contributed by atoms with Gasteiger partial charge in [-0.1, -0.05) is 12.2 Å². The number of rotatable bonds is 7. The number of ether oxygens (including phenoxy) is 2. The molecule has 0 spiro atoms. The Morgan fingerprint density at radius 3 is 2.55 bits per heavy atom. The predicted octanol–water partition coefficient (Wildman–Crippen LogP) is 1.53. The zero-order valence-electron chi connectivity index (χ0n) is 6.95. The molecule has 0 heterocycles. The van der Waals surface area contributed by atoms with Gasteiger partial charge in [-0.25, -0.2) is 0 Å². The van der Waals surface area contributed by atoms with Crippen LogP contribution in [0.25, 0.3) is 0 Å². The Morgan fingerprint density at radius 2 is 1.91 bits per heavy atom. The average Bonchev–Trinajstić information content (AvgIpc) is 2.03. The van der Waals surface area contributed by atoms with E-state index < -0.39 is 0 Å². The number of hydrogen-bond acceptors (Lipinski definition) is 3. The van der Waals surface area contributed by atoms with Crippen LogP contribution in [0, 0.1) is 0 Å². The normalized spacial score (nSPS) is 11.1. The third-order valence-electron chi connectivity index (χ3n) is 1.06. The van der Waals surface area contributed by atoms with Crippen molar-refractivity contribution in [3.63, 3.8) is 0 Å². The maximum absolute atomic E-state index is 5.19. The molecule has 0 saturated heterocycles. The summed E-state index contributed by atoms with van der Waals surface area (Å²) in [7, 11) is 0. The molecule has 11 heavy (non-hydrogen) atoms. The minimum Gasteiger partial charge on any atom is -0.379 e. The van der Waals surface area contributed by atoms with Crippen molar-refractivity contribution >= 4 is 12.6 Å². The molecule has 0 rings (SSSR count). The van der Waals surface area contributed by atoms with Gasteiger partial charge < -0.3 is 9.47 Å². The summed E-state index contributed by atoms with van der Waals surface area (Å²) in [6.07, 6.45) is 3.92. The minimum absolute atomic E-state index is 0.660. The first-order valence-electron chi connectivity index (χ1n) is 3.83. The van der Waals surface area contributed by atoms with Crippen LogP contribution in [0.4, 0.5) is 0 Å². The van der Waals surface area contributed by atoms with Crippen LogP contribution >= 0.6 is 12.6 Å². The Labute approximate surface area is 74.0 Å². The number of hydrogen-bond donors (Lipinski definition) is 1. The highest BCUT2D eigenvalue weighted by molar-refractivity contribution is 7.80. The molecule has 0 N–H and O–H groups in total. The van der Waals surface area contributed by atoms with Crippen LogP contribution in [0.15, 0.2) is 12.2 Å². The van der Waals surface area contributed by atoms with Crippen molar-refractivity contribution in [3.05, 3.63) is 12.2 Å². The summed E-state index contributed by atoms with van der Waals surface area (Å²) in [5, 5.41) is 0. The van der Waals surface area contributed by atoms with Crippen LogP contribution in [0.3, 0.4) is 0 Å². The summed E-state index contributed by atoms with van der Waals surface area (Å²) in [5.74, 6) is 0.773. The molecule has 0 aromatic rings. The van der Waals surface area contributed by atoms with Gasteiger partial charge >= 0.3 is 0 Å². The average molecular weight is 176 g/mol. The second-order valence-electron chi connectivity index (χ2n) is 1.93. The van der Waals surface area contributed by atoms with Crippen molar-refractivity contribution in [1.82, 2.24) is 0 Å². The van der Waals surface area contributed by atoms with E-state index in [4.69, 9.17) is 9.47 Å². The van der Waals surface area contributed by atoms with Gasteiger partial charge in [0.2, 0.25) is 0 Å². The van der Waals surface area contributed by atoms with Gasteiger partial charge in [-0.05, 0) is 6.92 Å². The van der Waals surface area contributed by atoms with Gasteiger partial charge in [-0.15, -0.1) is 0 Å². The summed E-state index contributed by atoms with van der Waals surface area (Å²) in [6, 6.07) is 0. The fraction of sp³-hybridized carbons (Fsp3) is 0.750. The minimum atomic E-state index is 0.660. The first kappa shape index (κ1) is 11.0. The molecule has 0 radical (unpaired) electrons. The Bertz CT molecular complexity index is 94.1. The molecule has 0 aromatic carbocycles. The predicted molar refractivity (Wildman–Crippen MR) is 50.3 cm³/mol. The quantitative estimate of drug-likeness (QED) is 0.360. The fourth-order valence-electron chi connectivity index (χ4n) is 0.556. The van der Waals surface area contributed by atoms with Crippen molar-refractivity contribution < 1.29 is 9.47 Å². The van der Waals surface area contributed by atoms with Gasteiger partial charge in [0.25, 0.3) is 0 Å². The zero-order valence-corrected chi connectivity index (χ0v) is 7.85. The molecule has 0 aliphatic heterocycles. The molecular weight excluding hydrogens is 160 g/mol. The fourth-order valence-corrected chi connectivity index (χ4v) is 0.705. The van der Waals surface area contributed by atoms with Crippen molar-refractivity contribution in [2.24, 2.45) is 0 Å². The van der Waals surface area contributed by atoms with E-state index in [1.807, 2.05) is 19.1 Å². The molecule has 0 bridgehead atoms. The van der Waals surface area contributed by atoms with Crippen molar-refractivity contribution in [1.29, 1.82) is 0 Å². The van der Waals surface area contributed by atoms with Crippen LogP contribution < -0.4 is 0 Å². The van der Waals surface area contributed by atoms with E-state index in [0.29, 0.717) is 19.8 Å². The summed E-state index contributed by atoms with van der Waals surface area (Å²) < 4.78 is 10.3. The van der Waals surface area contributed by atoms with E-state index >= 15 is 0 Å². The molecule has 0 aliphatic rings. The van der Waals surface area contributed by atoms with Crippen molar-refractivity contribution in [2.45, 2.75) is 6.92 Å². The van der Waals surface area contributed by atoms with Crippen molar-refractivity contribution in [2.75, 3.05) is 32.2 Å². The van der Waals surface area contributed by atoms with E-state index in [1.165, 1.54) is 0 Å². The maximum atomic E-state index is 5.19. The molecule has 0 unspecified atom stereocenters. The summed E-state index contributed by atoms with van der Waals surface area (Å²) >= 11 is 4.01. The van der Waals surface area contributed by atoms with Crippen molar-refractivity contribution in [3.8, 4) is 0 Å². The van der Waals surface area contributed by atoms with Gasteiger partial charge in [0.1, 0.15) is 0 Å². The summed E-state index contributed by atoms with van der Waals surface area (Å²) in [5.41, 5.74) is 0. The van der Waals surface area contributed by atoms with Gasteiger partial charge in [0.05, 0.1) is 19.8 Å². The Hall–Kier alpha value is 0.01000. The third-order valence-corrected chi connectivity index (χ3v) is 1.27. The lowest BCUT2D eigenvalue weighted by Crippen LogP contribution is -2.03. The number of thiol groups is 1. The molecule has 0 aliphatic carbocycles. The van der Waals surface area contributed by atoms with Crippen LogP contribution in [0.1, 0.15) is 6.92 Å². The topological polar surface area (TPSA) is 18.5 Å². The molecule has 0 saturated carbocycles. The third kappa shape index (κ3) is 10.0. The van der Waals surface area contributed by atoms with Crippen LogP contribution in [0.5, 0.6) is 0 Å². The van der Waals surface area contributed by atoms with E-state index in [-0.39, 0.29) is 0 Å². The zero-order chi connectivity index (χ0) is 8.36. The second-order valence-corrected chi connectivity index (χ2v) is 2.29. The molecule has 2 nitrogen and oxygen atoms in total. The maximum Gasteiger partial charge on any atom is 0.0704 e. The molecule has 0 amide bonds. The van der Waals surface area contributed by atoms with Crippen LogP contribution in [0.2, 0.25) is 0 Å². The standard InChI is InChI=1S/C8H16O2S/c1-2-9-6-7-10-5-3-4-8-11/h3-4,11H,2,5-8H2,1H3. The lowest BCUT2D eigenvalue weighted by atomic mass is 10.5. The summed E-state index contributed by atoms with van der Waals surface area (Å²) in [4.78, 5) is 0. The van der Waals surface area contributed by atoms with E-state index in [9.17, 15) is 0 Å². The van der Waals surface area contributed by atoms with Crippen LogP contribution in [-0.2, 0) is 9.47 Å². The monoisotopic (exact) mass is 176 g/mol. The molecule has 0 atom stereocenters. The van der Waals surface area contributed by atoms with Gasteiger partial charge in [-0.3, -0.25) is 0 Å². The van der Waals surface area contributed by atoms with Gasteiger partial charge in [-0.2, -0.15) is 12.6 Å². The first-order valence-corrected chi connectivity index (χ1v) is 4.46. The molecule has 0 fully saturated rings. The molecule has 0 aromatic heterocycles. The largest absolute Gasteiger partial charge is 0.379 e. The lowest BCUT2D eigenvalue weighted by molar-refractivity contribution is 0.0643. The SMILES string of the molecule is CCOCCOCC=CCS.